The van der Waals surface area contributed by atoms with E-state index in [1.54, 1.807) is 19.2 Å². The Morgan fingerprint density at radius 2 is 1.68 bits per heavy atom. The van der Waals surface area contributed by atoms with Gasteiger partial charge >= 0.3 is 0 Å². The highest BCUT2D eigenvalue weighted by Crippen LogP contribution is 2.33. The summed E-state index contributed by atoms with van der Waals surface area (Å²) in [4.78, 5) is 36.1. The fourth-order valence-electron chi connectivity index (χ4n) is 5.99. The molecule has 0 N–H and O–H groups in total. The number of aryl methyl sites for hydroxylation is 1. The van der Waals surface area contributed by atoms with E-state index >= 15 is 0 Å². The number of carbonyl (C=O) groups is 2. The Morgan fingerprint density at radius 3 is 2.42 bits per heavy atom. The third-order valence-electron chi connectivity index (χ3n) is 8.70. The SMILES string of the molecule is Br.CN(C(=O)/C=C/c1cc(F)cc(F)c1)c1ccc(Oc2ccc3c(c2)cc(C(=O)N2CCN(Cc4ccc5c(c4)OCO5)CC2)n3C)nc1. The molecule has 0 atom stereocenters. The van der Waals surface area contributed by atoms with Gasteiger partial charge in [0.05, 0.1) is 11.9 Å². The van der Waals surface area contributed by atoms with Gasteiger partial charge in [-0.2, -0.15) is 0 Å². The molecular formula is C37H34BrF2N5O5. The van der Waals surface area contributed by atoms with Crippen LogP contribution < -0.4 is 19.1 Å². The second-order valence-electron chi connectivity index (χ2n) is 12.0. The molecule has 50 heavy (non-hydrogen) atoms. The lowest BCUT2D eigenvalue weighted by Crippen LogP contribution is -2.48. The average molecular weight is 747 g/mol. The number of carbonyl (C=O) groups excluding carboxylic acids is 2. The van der Waals surface area contributed by atoms with Crippen molar-refractivity contribution in [3.05, 3.63) is 114 Å². The Labute approximate surface area is 297 Å². The molecule has 0 saturated carbocycles. The van der Waals surface area contributed by atoms with Crippen LogP contribution in [0.2, 0.25) is 0 Å². The van der Waals surface area contributed by atoms with Crippen LogP contribution in [0.15, 0.2) is 85.1 Å². The molecule has 0 spiro atoms. The van der Waals surface area contributed by atoms with Crippen molar-refractivity contribution < 1.29 is 32.6 Å². The highest BCUT2D eigenvalue weighted by Gasteiger charge is 2.25. The van der Waals surface area contributed by atoms with Crippen LogP contribution in [0.25, 0.3) is 17.0 Å². The van der Waals surface area contributed by atoms with Crippen molar-refractivity contribution in [2.24, 2.45) is 7.05 Å². The van der Waals surface area contributed by atoms with Gasteiger partial charge in [-0.05, 0) is 71.8 Å². The summed E-state index contributed by atoms with van der Waals surface area (Å²) in [5, 5.41) is 0.858. The van der Waals surface area contributed by atoms with Gasteiger partial charge in [0, 0.05) is 75.9 Å². The number of piperazine rings is 1. The molecule has 0 bridgehead atoms. The maximum absolute atomic E-state index is 13.6. The predicted molar refractivity (Wildman–Crippen MR) is 190 cm³/mol. The van der Waals surface area contributed by atoms with Gasteiger partial charge < -0.3 is 28.6 Å². The van der Waals surface area contributed by atoms with Crippen LogP contribution in [0.4, 0.5) is 14.5 Å². The van der Waals surface area contributed by atoms with Crippen LogP contribution in [-0.4, -0.2) is 71.2 Å². The number of ether oxygens (including phenoxy) is 3. The number of pyridine rings is 1. The molecule has 1 fully saturated rings. The van der Waals surface area contributed by atoms with Gasteiger partial charge in [-0.25, -0.2) is 13.8 Å². The van der Waals surface area contributed by atoms with Crippen molar-refractivity contribution in [3.8, 4) is 23.1 Å². The first kappa shape index (κ1) is 34.6. The molecule has 2 aliphatic heterocycles. The summed E-state index contributed by atoms with van der Waals surface area (Å²) in [6.07, 6.45) is 4.07. The van der Waals surface area contributed by atoms with Crippen LogP contribution in [0.3, 0.4) is 0 Å². The number of likely N-dealkylation sites (N-methyl/N-ethyl adjacent to an activating group) is 1. The van der Waals surface area contributed by atoms with Crippen molar-refractivity contribution in [2.75, 3.05) is 44.9 Å². The summed E-state index contributed by atoms with van der Waals surface area (Å²) in [5.41, 5.74) is 3.39. The molecule has 2 aromatic heterocycles. The fourth-order valence-corrected chi connectivity index (χ4v) is 5.99. The monoisotopic (exact) mass is 745 g/mol. The quantitative estimate of drug-likeness (QED) is 0.166. The summed E-state index contributed by atoms with van der Waals surface area (Å²) >= 11 is 0. The van der Waals surface area contributed by atoms with Gasteiger partial charge in [0.25, 0.3) is 11.8 Å². The lowest BCUT2D eigenvalue weighted by molar-refractivity contribution is -0.113. The van der Waals surface area contributed by atoms with Crippen LogP contribution in [0.1, 0.15) is 21.6 Å². The molecule has 2 aliphatic rings. The van der Waals surface area contributed by atoms with E-state index in [0.717, 1.165) is 65.8 Å². The van der Waals surface area contributed by atoms with E-state index < -0.39 is 17.5 Å². The third kappa shape index (κ3) is 7.48. The maximum atomic E-state index is 13.6. The van der Waals surface area contributed by atoms with Crippen molar-refractivity contribution in [3.63, 3.8) is 0 Å². The highest BCUT2D eigenvalue weighted by molar-refractivity contribution is 8.93. The fraction of sp³-hybridized carbons (Fsp3) is 0.216. The van der Waals surface area contributed by atoms with Crippen LogP contribution in [0.5, 0.6) is 23.1 Å². The number of nitrogens with zero attached hydrogens (tertiary/aromatic N) is 5. The molecule has 3 aromatic carbocycles. The Balaban J connectivity index is 0.00000432. The molecule has 13 heteroatoms. The molecule has 5 aromatic rings. The summed E-state index contributed by atoms with van der Waals surface area (Å²) in [6, 6.07) is 19.8. The van der Waals surface area contributed by atoms with Gasteiger partial charge in [-0.15, -0.1) is 17.0 Å². The van der Waals surface area contributed by atoms with E-state index in [9.17, 15) is 18.4 Å². The summed E-state index contributed by atoms with van der Waals surface area (Å²) < 4.78 is 45.7. The van der Waals surface area contributed by atoms with Crippen LogP contribution in [-0.2, 0) is 18.4 Å². The Hall–Kier alpha value is -5.27. The van der Waals surface area contributed by atoms with Gasteiger partial charge in [0.1, 0.15) is 23.1 Å². The molecular weight excluding hydrogens is 712 g/mol. The number of hydrogen-bond acceptors (Lipinski definition) is 7. The lowest BCUT2D eigenvalue weighted by atomic mass is 10.1. The summed E-state index contributed by atoms with van der Waals surface area (Å²) in [7, 11) is 3.45. The van der Waals surface area contributed by atoms with Crippen LogP contribution in [0, 0.1) is 11.6 Å². The van der Waals surface area contributed by atoms with E-state index in [1.807, 2.05) is 52.9 Å². The Kier molecular flexibility index (Phi) is 10.2. The topological polar surface area (TPSA) is 89.4 Å². The Morgan fingerprint density at radius 1 is 0.920 bits per heavy atom. The van der Waals surface area contributed by atoms with E-state index in [-0.39, 0.29) is 35.2 Å². The van der Waals surface area contributed by atoms with Crippen molar-refractivity contribution >= 4 is 51.5 Å². The number of amides is 2. The lowest BCUT2D eigenvalue weighted by Gasteiger charge is -2.34. The second kappa shape index (κ2) is 14.7. The predicted octanol–water partition coefficient (Wildman–Crippen LogP) is 6.58. The van der Waals surface area contributed by atoms with Crippen molar-refractivity contribution in [2.45, 2.75) is 6.54 Å². The number of fused-ring (bicyclic) bond motifs is 2. The number of benzene rings is 3. The first-order valence-corrected chi connectivity index (χ1v) is 15.8. The van der Waals surface area contributed by atoms with Crippen molar-refractivity contribution in [1.82, 2.24) is 19.4 Å². The molecule has 0 aliphatic carbocycles. The standard InChI is InChI=1S/C37H33F2N5O5.BrH/c1-41(36(45)10-4-24-15-27(38)20-28(39)16-24)29-5-9-35(40-21-29)49-30-6-7-31-26(18-30)19-32(42(31)2)37(46)44-13-11-43(12-14-44)22-25-3-8-33-34(17-25)48-23-47-33;/h3-10,15-21H,11-14,22-23H2,1-2H3;1H/b10-4+;. The molecule has 0 radical (unpaired) electrons. The van der Waals surface area contributed by atoms with Crippen molar-refractivity contribution in [1.29, 1.82) is 0 Å². The highest BCUT2D eigenvalue weighted by atomic mass is 79.9. The zero-order chi connectivity index (χ0) is 34.1. The minimum absolute atomic E-state index is 0. The molecule has 4 heterocycles. The van der Waals surface area contributed by atoms with Gasteiger partial charge in [0.15, 0.2) is 11.5 Å². The smallest absolute Gasteiger partial charge is 0.270 e. The minimum Gasteiger partial charge on any atom is -0.454 e. The number of rotatable bonds is 8. The number of halogens is 3. The summed E-state index contributed by atoms with van der Waals surface area (Å²) in [6.45, 7) is 3.83. The van der Waals surface area contributed by atoms with E-state index in [0.29, 0.717) is 36.1 Å². The second-order valence-corrected chi connectivity index (χ2v) is 12.0. The average Bonchev–Trinajstić information content (AvgIpc) is 3.70. The third-order valence-corrected chi connectivity index (χ3v) is 8.70. The molecule has 2 amide bonds. The Bertz CT molecular complexity index is 2060. The molecule has 7 rings (SSSR count). The largest absolute Gasteiger partial charge is 0.454 e. The van der Waals surface area contributed by atoms with Crippen LogP contribution >= 0.6 is 17.0 Å². The zero-order valence-electron chi connectivity index (χ0n) is 27.3. The minimum atomic E-state index is -0.722. The molecule has 1 saturated heterocycles. The summed E-state index contributed by atoms with van der Waals surface area (Å²) in [5.74, 6) is 0.552. The van der Waals surface area contributed by atoms with E-state index in [2.05, 4.69) is 16.0 Å². The number of anilines is 1. The molecule has 0 unspecified atom stereocenters. The maximum Gasteiger partial charge on any atom is 0.270 e. The van der Waals surface area contributed by atoms with E-state index in [4.69, 9.17) is 14.2 Å². The van der Waals surface area contributed by atoms with Gasteiger partial charge in [-0.3, -0.25) is 14.5 Å². The van der Waals surface area contributed by atoms with Gasteiger partial charge in [-0.1, -0.05) is 6.07 Å². The number of hydrogen-bond donors (Lipinski definition) is 0. The normalized spacial score (nSPS) is 14.2. The molecule has 10 nitrogen and oxygen atoms in total. The van der Waals surface area contributed by atoms with E-state index in [1.165, 1.54) is 23.2 Å². The molecule has 258 valence electrons. The number of aromatic nitrogens is 2. The first-order chi connectivity index (χ1) is 23.7. The first-order valence-electron chi connectivity index (χ1n) is 15.8. The van der Waals surface area contributed by atoms with Gasteiger partial charge in [0.2, 0.25) is 12.7 Å². The zero-order valence-corrected chi connectivity index (χ0v) is 29.1.